The number of morpholine rings is 1. The van der Waals surface area contributed by atoms with Gasteiger partial charge in [0.15, 0.2) is 6.10 Å². The van der Waals surface area contributed by atoms with Gasteiger partial charge in [0.2, 0.25) is 0 Å². The van der Waals surface area contributed by atoms with Gasteiger partial charge in [0.1, 0.15) is 11.5 Å². The molecule has 3 heterocycles. The second-order valence-corrected chi connectivity index (χ2v) is 9.85. The lowest BCUT2D eigenvalue weighted by Crippen LogP contribution is -2.53. The van der Waals surface area contributed by atoms with E-state index < -0.39 is 6.10 Å². The van der Waals surface area contributed by atoms with Crippen molar-refractivity contribution in [2.45, 2.75) is 31.9 Å². The lowest BCUT2D eigenvalue weighted by Gasteiger charge is -2.37. The fourth-order valence-corrected chi connectivity index (χ4v) is 4.88. The molecule has 2 aliphatic rings. The number of hydrogen-bond acceptors (Lipinski definition) is 9. The first-order chi connectivity index (χ1) is 18.4. The van der Waals surface area contributed by atoms with Crippen LogP contribution in [-0.2, 0) is 9.53 Å². The summed E-state index contributed by atoms with van der Waals surface area (Å²) in [6.45, 7) is 6.22. The number of benzene rings is 2. The van der Waals surface area contributed by atoms with Gasteiger partial charge in [0.05, 0.1) is 50.0 Å². The Balaban J connectivity index is 1.55. The number of carbonyl (C=O) groups is 1. The van der Waals surface area contributed by atoms with Crippen molar-refractivity contribution in [3.63, 3.8) is 0 Å². The molecule has 0 aliphatic carbocycles. The average Bonchev–Trinajstić information content (AvgIpc) is 3.37. The van der Waals surface area contributed by atoms with Gasteiger partial charge < -0.3 is 24.0 Å². The molecule has 0 saturated carbocycles. The summed E-state index contributed by atoms with van der Waals surface area (Å²) >= 11 is 0. The largest absolute Gasteiger partial charge is 0.497 e. The summed E-state index contributed by atoms with van der Waals surface area (Å²) in [5, 5.41) is 6.24. The predicted molar refractivity (Wildman–Crippen MR) is 147 cm³/mol. The summed E-state index contributed by atoms with van der Waals surface area (Å²) < 4.78 is 17.1. The number of rotatable bonds is 8. The smallest absolute Gasteiger partial charge is 0.253 e. The van der Waals surface area contributed by atoms with E-state index in [-0.39, 0.29) is 17.9 Å². The molecule has 200 valence electrons. The lowest BCUT2D eigenvalue weighted by atomic mass is 10.1. The molecule has 5 rings (SSSR count). The monoisotopic (exact) mass is 518 g/mol. The van der Waals surface area contributed by atoms with Gasteiger partial charge in [-0.05, 0) is 32.0 Å². The third kappa shape index (κ3) is 5.22. The molecule has 0 spiro atoms. The topological polar surface area (TPSA) is 92.6 Å². The summed E-state index contributed by atoms with van der Waals surface area (Å²) in [5.41, 5.74) is 4.10. The van der Waals surface area contributed by atoms with Crippen molar-refractivity contribution in [1.82, 2.24) is 19.9 Å². The van der Waals surface area contributed by atoms with E-state index in [9.17, 15) is 4.79 Å². The quantitative estimate of drug-likeness (QED) is 0.448. The minimum Gasteiger partial charge on any atom is -0.497 e. The molecule has 3 aromatic rings. The minimum absolute atomic E-state index is 0.0152. The Morgan fingerprint density at radius 3 is 2.50 bits per heavy atom. The number of carbonyl (C=O) groups excluding carboxylic acids is 1. The van der Waals surface area contributed by atoms with Crippen molar-refractivity contribution in [3.8, 4) is 11.5 Å². The molecule has 38 heavy (non-hydrogen) atoms. The highest BCUT2D eigenvalue weighted by Gasteiger charge is 2.33. The van der Waals surface area contributed by atoms with Crippen LogP contribution in [0.2, 0.25) is 0 Å². The van der Waals surface area contributed by atoms with Crippen molar-refractivity contribution in [1.29, 1.82) is 0 Å². The molecular formula is C28H34N6O4. The molecule has 2 aromatic carbocycles. The number of hydrazone groups is 1. The fourth-order valence-electron chi connectivity index (χ4n) is 4.88. The van der Waals surface area contributed by atoms with Crippen molar-refractivity contribution in [2.75, 3.05) is 52.4 Å². The minimum atomic E-state index is -0.623. The van der Waals surface area contributed by atoms with E-state index in [2.05, 4.69) is 15.0 Å². The molecular weight excluding hydrogens is 484 g/mol. The zero-order valence-electron chi connectivity index (χ0n) is 22.5. The Bertz CT molecular complexity index is 1320. The van der Waals surface area contributed by atoms with Crippen molar-refractivity contribution >= 4 is 34.5 Å². The summed E-state index contributed by atoms with van der Waals surface area (Å²) in [7, 11) is 5.18. The van der Waals surface area contributed by atoms with E-state index in [1.165, 1.54) is 0 Å². The molecule has 2 aliphatic heterocycles. The van der Waals surface area contributed by atoms with E-state index in [1.807, 2.05) is 79.6 Å². The van der Waals surface area contributed by atoms with Gasteiger partial charge in [0.25, 0.3) is 5.91 Å². The summed E-state index contributed by atoms with van der Waals surface area (Å²) in [6.07, 6.45) is 3.10. The normalized spacial score (nSPS) is 19.5. The van der Waals surface area contributed by atoms with Gasteiger partial charge in [-0.25, -0.2) is 4.98 Å². The van der Waals surface area contributed by atoms with Gasteiger partial charge in [-0.1, -0.05) is 0 Å². The zero-order valence-corrected chi connectivity index (χ0v) is 22.5. The number of fused-ring (bicyclic) bond motifs is 1. The highest BCUT2D eigenvalue weighted by molar-refractivity contribution is 5.85. The number of amides is 1. The van der Waals surface area contributed by atoms with E-state index in [4.69, 9.17) is 19.2 Å². The van der Waals surface area contributed by atoms with Gasteiger partial charge in [-0.15, -0.1) is 0 Å². The third-order valence-electron chi connectivity index (χ3n) is 6.97. The molecule has 2 unspecified atom stereocenters. The molecule has 0 N–H and O–H groups in total. The Morgan fingerprint density at radius 2 is 1.84 bits per heavy atom. The third-order valence-corrected chi connectivity index (χ3v) is 6.97. The van der Waals surface area contributed by atoms with Crippen LogP contribution in [-0.4, -0.2) is 91.7 Å². The highest BCUT2D eigenvalue weighted by atomic mass is 16.5. The summed E-state index contributed by atoms with van der Waals surface area (Å²) in [5.74, 6) is 1.38. The molecule has 0 radical (unpaired) electrons. The maximum atomic E-state index is 13.3. The van der Waals surface area contributed by atoms with Gasteiger partial charge in [-0.2, -0.15) is 5.10 Å². The SMILES string of the molecule is COc1cc(OC)cc(N(CC2OCCN(C(C)C)C2=O)c2ccc3ncc(C4C=NN(C)C4)nc3c2)c1. The van der Waals surface area contributed by atoms with E-state index in [1.54, 1.807) is 14.2 Å². The Hall–Kier alpha value is -3.92. The maximum Gasteiger partial charge on any atom is 0.253 e. The van der Waals surface area contributed by atoms with Crippen LogP contribution in [0, 0.1) is 0 Å². The predicted octanol–water partition coefficient (Wildman–Crippen LogP) is 3.44. The Morgan fingerprint density at radius 1 is 1.08 bits per heavy atom. The number of nitrogens with zero attached hydrogens (tertiary/aromatic N) is 6. The van der Waals surface area contributed by atoms with Crippen LogP contribution in [0.1, 0.15) is 25.5 Å². The number of hydrogen-bond donors (Lipinski definition) is 0. The first-order valence-electron chi connectivity index (χ1n) is 12.8. The lowest BCUT2D eigenvalue weighted by molar-refractivity contribution is -0.154. The molecule has 2 atom stereocenters. The van der Waals surface area contributed by atoms with Gasteiger partial charge in [-0.3, -0.25) is 14.8 Å². The molecule has 10 nitrogen and oxygen atoms in total. The standard InChI is InChI=1S/C28H34N6O4/c1-18(2)33-8-9-38-27(28(33)35)17-34(21-10-22(36-4)13-23(11-21)37-5)20-6-7-24-25(12-20)31-26(15-29-24)19-14-30-32(3)16-19/h6-7,10-15,18-19,27H,8-9,16-17H2,1-5H3. The summed E-state index contributed by atoms with van der Waals surface area (Å²) in [4.78, 5) is 26.8. The van der Waals surface area contributed by atoms with Gasteiger partial charge in [0, 0.05) is 68.2 Å². The maximum absolute atomic E-state index is 13.3. The molecule has 1 fully saturated rings. The van der Waals surface area contributed by atoms with Crippen LogP contribution in [0.3, 0.4) is 0 Å². The first kappa shape index (κ1) is 25.7. The number of anilines is 2. The number of aromatic nitrogens is 2. The molecule has 0 bridgehead atoms. The molecule has 10 heteroatoms. The Labute approximate surface area is 222 Å². The summed E-state index contributed by atoms with van der Waals surface area (Å²) in [6, 6.07) is 11.7. The Kier molecular flexibility index (Phi) is 7.33. The van der Waals surface area contributed by atoms with E-state index >= 15 is 0 Å². The number of methoxy groups -OCH3 is 2. The van der Waals surface area contributed by atoms with Crippen molar-refractivity contribution in [2.24, 2.45) is 5.10 Å². The average molecular weight is 519 g/mol. The van der Waals surface area contributed by atoms with E-state index in [0.29, 0.717) is 31.2 Å². The van der Waals surface area contributed by atoms with Crippen LogP contribution in [0.15, 0.2) is 47.7 Å². The van der Waals surface area contributed by atoms with E-state index in [0.717, 1.165) is 34.6 Å². The zero-order chi connectivity index (χ0) is 26.8. The number of likely N-dealkylation sites (N-methyl/N-ethyl adjacent to an activating group) is 1. The first-order valence-corrected chi connectivity index (χ1v) is 12.8. The van der Waals surface area contributed by atoms with Crippen molar-refractivity contribution < 1.29 is 19.0 Å². The second-order valence-electron chi connectivity index (χ2n) is 9.85. The van der Waals surface area contributed by atoms with Crippen LogP contribution in [0.25, 0.3) is 11.0 Å². The molecule has 1 amide bonds. The van der Waals surface area contributed by atoms with Crippen molar-refractivity contribution in [3.05, 3.63) is 48.3 Å². The van der Waals surface area contributed by atoms with Crippen LogP contribution >= 0.6 is 0 Å². The van der Waals surface area contributed by atoms with Gasteiger partial charge >= 0.3 is 0 Å². The van der Waals surface area contributed by atoms with Crippen LogP contribution < -0.4 is 14.4 Å². The second kappa shape index (κ2) is 10.8. The molecule has 1 aromatic heterocycles. The van der Waals surface area contributed by atoms with Crippen LogP contribution in [0.5, 0.6) is 11.5 Å². The van der Waals surface area contributed by atoms with Crippen LogP contribution in [0.4, 0.5) is 11.4 Å². The molecule has 1 saturated heterocycles. The fraction of sp³-hybridized carbons (Fsp3) is 0.429. The highest BCUT2D eigenvalue weighted by Crippen LogP contribution is 2.35. The number of ether oxygens (including phenoxy) is 3.